The van der Waals surface area contributed by atoms with Gasteiger partial charge in [-0.25, -0.2) is 4.79 Å². The lowest BCUT2D eigenvalue weighted by molar-refractivity contribution is -0.139. The molecule has 2 heterocycles. The van der Waals surface area contributed by atoms with Crippen LogP contribution < -0.4 is 15.4 Å². The number of carboxylic acid groups (broad SMARTS) is 1. The molecule has 0 radical (unpaired) electrons. The second-order valence-corrected chi connectivity index (χ2v) is 6.88. The van der Waals surface area contributed by atoms with Gasteiger partial charge in [-0.1, -0.05) is 12.2 Å². The molecule has 1 aromatic rings. The molecule has 0 fully saturated rings. The number of carbonyl (C=O) groups is 2. The van der Waals surface area contributed by atoms with Gasteiger partial charge in [0.2, 0.25) is 0 Å². The average molecular weight is 379 g/mol. The van der Waals surface area contributed by atoms with E-state index in [0.29, 0.717) is 17.0 Å². The highest BCUT2D eigenvalue weighted by Gasteiger charge is 2.31. The number of aryl methyl sites for hydroxylation is 1. The Balaban J connectivity index is 1.46. The van der Waals surface area contributed by atoms with Crippen LogP contribution in [0.25, 0.3) is 0 Å². The molecule has 1 aromatic carbocycles. The van der Waals surface area contributed by atoms with Gasteiger partial charge in [0, 0.05) is 30.5 Å². The van der Waals surface area contributed by atoms with Crippen molar-refractivity contribution in [3.05, 3.63) is 71.1 Å². The maximum absolute atomic E-state index is 12.7. The molecule has 0 saturated heterocycles. The van der Waals surface area contributed by atoms with Crippen LogP contribution in [0.2, 0.25) is 0 Å². The quantitative estimate of drug-likeness (QED) is 0.724. The van der Waals surface area contributed by atoms with Gasteiger partial charge >= 0.3 is 5.97 Å². The molecule has 28 heavy (non-hydrogen) atoms. The standard InChI is InChI=1S/C21H21N3O4/c1-13-8-17(28-12-20(25)26)3-4-18(13)23-21(27)14-2-5-19-15(9-14)10-16-11-22-6-7-24(16)19/h2-5,8-11,19,22H,6-7,12H2,1H3,(H,23,27)(H,25,26). The largest absolute Gasteiger partial charge is 0.482 e. The molecule has 3 N–H and O–H groups in total. The van der Waals surface area contributed by atoms with Gasteiger partial charge in [-0.3, -0.25) is 4.79 Å². The van der Waals surface area contributed by atoms with Crippen LogP contribution in [-0.4, -0.2) is 47.6 Å². The number of allylic oxidation sites excluding steroid dienone is 1. The molecule has 0 aromatic heterocycles. The molecular formula is C21H21N3O4. The van der Waals surface area contributed by atoms with Crippen molar-refractivity contribution in [3.63, 3.8) is 0 Å². The molecule has 4 rings (SSSR count). The second-order valence-electron chi connectivity index (χ2n) is 6.88. The number of ether oxygens (including phenoxy) is 1. The molecule has 1 atom stereocenters. The second kappa shape index (κ2) is 7.26. The Morgan fingerprint density at radius 1 is 1.36 bits per heavy atom. The van der Waals surface area contributed by atoms with E-state index in [-0.39, 0.29) is 11.9 Å². The summed E-state index contributed by atoms with van der Waals surface area (Å²) in [6, 6.07) is 5.25. The molecule has 1 aliphatic carbocycles. The number of carboxylic acids is 1. The van der Waals surface area contributed by atoms with E-state index in [4.69, 9.17) is 9.84 Å². The fraction of sp³-hybridized carbons (Fsp3) is 0.238. The summed E-state index contributed by atoms with van der Waals surface area (Å²) in [7, 11) is 0. The lowest BCUT2D eigenvalue weighted by Crippen LogP contribution is -2.38. The van der Waals surface area contributed by atoms with Crippen molar-refractivity contribution in [2.45, 2.75) is 13.0 Å². The van der Waals surface area contributed by atoms with Crippen molar-refractivity contribution in [2.24, 2.45) is 0 Å². The number of fused-ring (bicyclic) bond motifs is 3. The third-order valence-electron chi connectivity index (χ3n) is 4.92. The normalized spacial score (nSPS) is 19.5. The van der Waals surface area contributed by atoms with E-state index in [0.717, 1.165) is 29.9 Å². The van der Waals surface area contributed by atoms with E-state index < -0.39 is 12.6 Å². The van der Waals surface area contributed by atoms with Crippen LogP contribution in [0.4, 0.5) is 5.69 Å². The van der Waals surface area contributed by atoms with E-state index in [1.807, 2.05) is 25.3 Å². The lowest BCUT2D eigenvalue weighted by atomic mass is 9.98. The van der Waals surface area contributed by atoms with Gasteiger partial charge in [-0.05, 0) is 48.4 Å². The Bertz CT molecular complexity index is 958. The third-order valence-corrected chi connectivity index (χ3v) is 4.92. The molecule has 0 bridgehead atoms. The average Bonchev–Trinajstić information content (AvgIpc) is 3.06. The molecule has 1 unspecified atom stereocenters. The number of aliphatic carboxylic acids is 1. The number of amides is 1. The van der Waals surface area contributed by atoms with Crippen LogP contribution in [0, 0.1) is 6.92 Å². The number of nitrogens with one attached hydrogen (secondary N) is 2. The summed E-state index contributed by atoms with van der Waals surface area (Å²) < 4.78 is 5.16. The molecule has 7 heteroatoms. The zero-order chi connectivity index (χ0) is 19.7. The van der Waals surface area contributed by atoms with E-state index in [2.05, 4.69) is 27.7 Å². The minimum absolute atomic E-state index is 0.185. The van der Waals surface area contributed by atoms with Gasteiger partial charge in [0.25, 0.3) is 5.91 Å². The van der Waals surface area contributed by atoms with Crippen LogP contribution in [-0.2, 0) is 9.59 Å². The summed E-state index contributed by atoms with van der Waals surface area (Å²) in [4.78, 5) is 25.6. The van der Waals surface area contributed by atoms with Crippen LogP contribution >= 0.6 is 0 Å². The molecule has 3 aliphatic rings. The Hall–Kier alpha value is -3.48. The highest BCUT2D eigenvalue weighted by molar-refractivity contribution is 6.06. The van der Waals surface area contributed by atoms with Crippen LogP contribution in [0.3, 0.4) is 0 Å². The zero-order valence-electron chi connectivity index (χ0n) is 15.4. The Morgan fingerprint density at radius 2 is 2.21 bits per heavy atom. The zero-order valence-corrected chi connectivity index (χ0v) is 15.4. The minimum Gasteiger partial charge on any atom is -0.482 e. The van der Waals surface area contributed by atoms with Crippen molar-refractivity contribution < 1.29 is 19.4 Å². The monoisotopic (exact) mass is 379 g/mol. The van der Waals surface area contributed by atoms with Crippen molar-refractivity contribution in [1.29, 1.82) is 0 Å². The third kappa shape index (κ3) is 3.51. The molecule has 7 nitrogen and oxygen atoms in total. The highest BCUT2D eigenvalue weighted by atomic mass is 16.5. The van der Waals surface area contributed by atoms with Gasteiger partial charge < -0.3 is 25.4 Å². The van der Waals surface area contributed by atoms with Crippen LogP contribution in [0.5, 0.6) is 5.75 Å². The fourth-order valence-electron chi connectivity index (χ4n) is 3.55. The predicted molar refractivity (Wildman–Crippen MR) is 105 cm³/mol. The first kappa shape index (κ1) is 17.9. The van der Waals surface area contributed by atoms with Crippen molar-refractivity contribution >= 4 is 17.6 Å². The Labute approximate surface area is 162 Å². The first-order valence-electron chi connectivity index (χ1n) is 9.09. The summed E-state index contributed by atoms with van der Waals surface area (Å²) in [5.74, 6) is -0.768. The van der Waals surface area contributed by atoms with Gasteiger partial charge in [0.1, 0.15) is 5.75 Å². The maximum atomic E-state index is 12.7. The van der Waals surface area contributed by atoms with Gasteiger partial charge in [-0.15, -0.1) is 0 Å². The van der Waals surface area contributed by atoms with Crippen LogP contribution in [0.15, 0.2) is 65.5 Å². The van der Waals surface area contributed by atoms with Crippen molar-refractivity contribution in [3.8, 4) is 5.75 Å². The van der Waals surface area contributed by atoms with E-state index in [9.17, 15) is 9.59 Å². The van der Waals surface area contributed by atoms with Gasteiger partial charge in [0.15, 0.2) is 6.61 Å². The summed E-state index contributed by atoms with van der Waals surface area (Å²) in [6.07, 6.45) is 9.96. The minimum atomic E-state index is -1.03. The predicted octanol–water partition coefficient (Wildman–Crippen LogP) is 1.95. The van der Waals surface area contributed by atoms with Gasteiger partial charge in [0.05, 0.1) is 11.7 Å². The number of benzene rings is 1. The van der Waals surface area contributed by atoms with E-state index in [1.54, 1.807) is 18.2 Å². The Morgan fingerprint density at radius 3 is 3.00 bits per heavy atom. The maximum Gasteiger partial charge on any atom is 0.341 e. The summed E-state index contributed by atoms with van der Waals surface area (Å²) >= 11 is 0. The number of hydrogen-bond acceptors (Lipinski definition) is 5. The summed E-state index contributed by atoms with van der Waals surface area (Å²) in [5, 5.41) is 14.8. The summed E-state index contributed by atoms with van der Waals surface area (Å²) in [5.41, 5.74) is 4.30. The molecule has 1 amide bonds. The molecule has 2 aliphatic heterocycles. The number of hydrogen-bond donors (Lipinski definition) is 3. The molecule has 0 spiro atoms. The van der Waals surface area contributed by atoms with E-state index >= 15 is 0 Å². The van der Waals surface area contributed by atoms with E-state index in [1.165, 1.54) is 0 Å². The smallest absolute Gasteiger partial charge is 0.341 e. The lowest BCUT2D eigenvalue weighted by Gasteiger charge is -2.31. The first-order chi connectivity index (χ1) is 13.5. The van der Waals surface area contributed by atoms with Gasteiger partial charge in [-0.2, -0.15) is 0 Å². The molecular weight excluding hydrogens is 358 g/mol. The SMILES string of the molecule is Cc1cc(OCC(=O)O)ccc1NC(=O)C1=CC2=CC3=CNCCN3C2C=C1. The molecule has 144 valence electrons. The number of rotatable bonds is 5. The molecule has 0 saturated carbocycles. The van der Waals surface area contributed by atoms with Crippen LogP contribution in [0.1, 0.15) is 5.56 Å². The number of carbonyl (C=O) groups excluding carboxylic acids is 1. The summed E-state index contributed by atoms with van der Waals surface area (Å²) in [6.45, 7) is 3.28. The first-order valence-corrected chi connectivity index (χ1v) is 9.09. The fourth-order valence-corrected chi connectivity index (χ4v) is 3.55. The topological polar surface area (TPSA) is 90.9 Å². The number of nitrogens with zero attached hydrogens (tertiary/aromatic N) is 1. The van der Waals surface area contributed by atoms with Crippen molar-refractivity contribution in [2.75, 3.05) is 25.0 Å². The number of anilines is 1. The Kier molecular flexibility index (Phi) is 4.65. The van der Waals surface area contributed by atoms with Crippen molar-refractivity contribution in [1.82, 2.24) is 10.2 Å². The highest BCUT2D eigenvalue weighted by Crippen LogP contribution is 2.33.